The summed E-state index contributed by atoms with van der Waals surface area (Å²) >= 11 is 0. The number of esters is 1. The summed E-state index contributed by atoms with van der Waals surface area (Å²) in [6, 6.07) is 0. The monoisotopic (exact) mass is 310 g/mol. The largest absolute Gasteiger partial charge is 0.459 e. The molecule has 4 unspecified atom stereocenters. The lowest BCUT2D eigenvalue weighted by atomic mass is 9.48. The van der Waals surface area contributed by atoms with Crippen LogP contribution in [0.5, 0.6) is 0 Å². The van der Waals surface area contributed by atoms with E-state index in [9.17, 15) is 20.1 Å². The predicted octanol–water partition coefficient (Wildman–Crippen LogP) is 1.32. The Labute approximate surface area is 131 Å². The lowest BCUT2D eigenvalue weighted by Gasteiger charge is -2.61. The molecule has 3 N–H and O–H groups in total. The SMILES string of the molecule is CC(=O)OC1CC(C)=CC(O)C=C(CO)C2CC(C)(C)C12O. The molecule has 0 aromatic carbocycles. The van der Waals surface area contributed by atoms with Crippen LogP contribution in [-0.4, -0.2) is 45.7 Å². The van der Waals surface area contributed by atoms with Crippen molar-refractivity contribution in [3.05, 3.63) is 23.3 Å². The molecule has 0 aromatic rings. The van der Waals surface area contributed by atoms with Gasteiger partial charge in [-0.1, -0.05) is 31.6 Å². The number of ether oxygens (including phenoxy) is 1. The zero-order valence-corrected chi connectivity index (χ0v) is 13.7. The van der Waals surface area contributed by atoms with Crippen LogP contribution in [-0.2, 0) is 9.53 Å². The normalized spacial score (nSPS) is 37.5. The number of fused-ring (bicyclic) bond motifs is 1. The number of hydrogen-bond acceptors (Lipinski definition) is 5. The van der Waals surface area contributed by atoms with E-state index in [0.717, 1.165) is 5.57 Å². The van der Waals surface area contributed by atoms with Crippen LogP contribution in [0.4, 0.5) is 0 Å². The first-order chi connectivity index (χ1) is 10.1. The van der Waals surface area contributed by atoms with E-state index in [4.69, 9.17) is 4.74 Å². The zero-order chi connectivity index (χ0) is 16.7. The van der Waals surface area contributed by atoms with E-state index in [1.54, 1.807) is 12.2 Å². The van der Waals surface area contributed by atoms with Gasteiger partial charge in [0.1, 0.15) is 11.7 Å². The first kappa shape index (κ1) is 17.2. The molecule has 4 atom stereocenters. The third-order valence-electron chi connectivity index (χ3n) is 5.11. The molecule has 0 aliphatic heterocycles. The van der Waals surface area contributed by atoms with Gasteiger partial charge in [0.25, 0.3) is 0 Å². The van der Waals surface area contributed by atoms with Gasteiger partial charge in [-0.3, -0.25) is 4.79 Å². The highest BCUT2D eigenvalue weighted by Crippen LogP contribution is 2.59. The molecule has 2 aliphatic carbocycles. The Balaban J connectivity index is 2.51. The van der Waals surface area contributed by atoms with E-state index in [1.807, 2.05) is 20.8 Å². The highest BCUT2D eigenvalue weighted by Gasteiger charge is 2.65. The van der Waals surface area contributed by atoms with Crippen molar-refractivity contribution in [1.82, 2.24) is 0 Å². The Kier molecular flexibility index (Phi) is 4.53. The average molecular weight is 310 g/mol. The van der Waals surface area contributed by atoms with Crippen LogP contribution in [0.2, 0.25) is 0 Å². The van der Waals surface area contributed by atoms with Crippen molar-refractivity contribution in [2.45, 2.75) is 58.3 Å². The second-order valence-electron chi connectivity index (χ2n) is 7.17. The third-order valence-corrected chi connectivity index (χ3v) is 5.11. The van der Waals surface area contributed by atoms with Crippen LogP contribution >= 0.6 is 0 Å². The summed E-state index contributed by atoms with van der Waals surface area (Å²) in [7, 11) is 0. The maximum Gasteiger partial charge on any atom is 0.303 e. The summed E-state index contributed by atoms with van der Waals surface area (Å²) in [5.74, 6) is -0.771. The van der Waals surface area contributed by atoms with Gasteiger partial charge in [0, 0.05) is 19.3 Å². The molecule has 2 rings (SSSR count). The van der Waals surface area contributed by atoms with E-state index in [1.165, 1.54) is 6.92 Å². The molecule has 124 valence electrons. The van der Waals surface area contributed by atoms with Crippen LogP contribution in [0.25, 0.3) is 0 Å². The lowest BCUT2D eigenvalue weighted by Crippen LogP contribution is -2.69. The Morgan fingerprint density at radius 3 is 2.55 bits per heavy atom. The zero-order valence-electron chi connectivity index (χ0n) is 13.7. The minimum absolute atomic E-state index is 0.236. The molecule has 5 nitrogen and oxygen atoms in total. The molecule has 5 heteroatoms. The fraction of sp³-hybridized carbons (Fsp3) is 0.706. The van der Waals surface area contributed by atoms with Crippen LogP contribution in [0, 0.1) is 11.3 Å². The van der Waals surface area contributed by atoms with E-state index < -0.39 is 29.2 Å². The van der Waals surface area contributed by atoms with E-state index in [2.05, 4.69) is 0 Å². The first-order valence-electron chi connectivity index (χ1n) is 7.68. The van der Waals surface area contributed by atoms with Gasteiger partial charge in [0.2, 0.25) is 0 Å². The molecule has 1 fully saturated rings. The minimum Gasteiger partial charge on any atom is -0.459 e. The Hall–Kier alpha value is -1.17. The fourth-order valence-corrected chi connectivity index (χ4v) is 3.93. The van der Waals surface area contributed by atoms with Crippen LogP contribution < -0.4 is 0 Å². The number of aliphatic hydroxyl groups excluding tert-OH is 2. The third kappa shape index (κ3) is 2.73. The summed E-state index contributed by atoms with van der Waals surface area (Å²) in [6.45, 7) is 6.79. The van der Waals surface area contributed by atoms with Crippen molar-refractivity contribution in [2.75, 3.05) is 6.61 Å². The van der Waals surface area contributed by atoms with Crippen molar-refractivity contribution >= 4 is 5.97 Å². The highest BCUT2D eigenvalue weighted by molar-refractivity contribution is 5.66. The second kappa shape index (κ2) is 5.80. The van der Waals surface area contributed by atoms with Crippen molar-refractivity contribution in [1.29, 1.82) is 0 Å². The van der Waals surface area contributed by atoms with Crippen molar-refractivity contribution < 1.29 is 24.9 Å². The van der Waals surface area contributed by atoms with Gasteiger partial charge in [0.15, 0.2) is 0 Å². The Morgan fingerprint density at radius 1 is 1.41 bits per heavy atom. The smallest absolute Gasteiger partial charge is 0.303 e. The molecule has 0 heterocycles. The van der Waals surface area contributed by atoms with Gasteiger partial charge < -0.3 is 20.1 Å². The Morgan fingerprint density at radius 2 is 2.05 bits per heavy atom. The molecule has 0 bridgehead atoms. The summed E-state index contributed by atoms with van der Waals surface area (Å²) < 4.78 is 5.43. The van der Waals surface area contributed by atoms with Crippen molar-refractivity contribution in [2.24, 2.45) is 11.3 Å². The van der Waals surface area contributed by atoms with Gasteiger partial charge in [0.05, 0.1) is 12.7 Å². The number of rotatable bonds is 2. The van der Waals surface area contributed by atoms with Crippen molar-refractivity contribution in [3.8, 4) is 0 Å². The number of aliphatic hydroxyl groups is 3. The number of carbonyl (C=O) groups is 1. The molecular weight excluding hydrogens is 284 g/mol. The molecule has 22 heavy (non-hydrogen) atoms. The summed E-state index contributed by atoms with van der Waals surface area (Å²) in [5.41, 5.74) is -0.268. The lowest BCUT2D eigenvalue weighted by molar-refractivity contribution is -0.250. The van der Waals surface area contributed by atoms with E-state index in [-0.39, 0.29) is 12.5 Å². The molecule has 0 saturated heterocycles. The summed E-state index contributed by atoms with van der Waals surface area (Å²) in [6.07, 6.45) is 2.76. The molecular formula is C17H26O5. The second-order valence-corrected chi connectivity index (χ2v) is 7.17. The Bertz CT molecular complexity index is 519. The van der Waals surface area contributed by atoms with Crippen molar-refractivity contribution in [3.63, 3.8) is 0 Å². The predicted molar refractivity (Wildman–Crippen MR) is 81.9 cm³/mol. The average Bonchev–Trinajstić information content (AvgIpc) is 2.42. The minimum atomic E-state index is -1.26. The molecule has 0 aromatic heterocycles. The standard InChI is InChI=1S/C17H26O5/c1-10-5-13(20)7-12(9-18)14-8-16(3,4)17(14,21)15(6-10)22-11(2)19/h5,7,13-15,18,20-21H,6,8-9H2,1-4H3. The first-order valence-corrected chi connectivity index (χ1v) is 7.68. The van der Waals surface area contributed by atoms with E-state index in [0.29, 0.717) is 18.4 Å². The number of carbonyl (C=O) groups excluding carboxylic acids is 1. The van der Waals surface area contributed by atoms with Crippen LogP contribution in [0.15, 0.2) is 23.3 Å². The van der Waals surface area contributed by atoms with E-state index >= 15 is 0 Å². The van der Waals surface area contributed by atoms with Gasteiger partial charge in [-0.15, -0.1) is 0 Å². The van der Waals surface area contributed by atoms with Crippen LogP contribution in [0.1, 0.15) is 40.5 Å². The quantitative estimate of drug-likeness (QED) is 0.529. The fourth-order valence-electron chi connectivity index (χ4n) is 3.93. The van der Waals surface area contributed by atoms with Gasteiger partial charge in [-0.25, -0.2) is 0 Å². The van der Waals surface area contributed by atoms with Gasteiger partial charge >= 0.3 is 5.97 Å². The molecule has 0 spiro atoms. The van der Waals surface area contributed by atoms with Crippen LogP contribution in [0.3, 0.4) is 0 Å². The molecule has 0 amide bonds. The topological polar surface area (TPSA) is 87.0 Å². The van der Waals surface area contributed by atoms with Gasteiger partial charge in [-0.2, -0.15) is 0 Å². The number of hydrogen-bond donors (Lipinski definition) is 3. The molecule has 2 aliphatic rings. The highest BCUT2D eigenvalue weighted by atomic mass is 16.6. The summed E-state index contributed by atoms with van der Waals surface area (Å²) in [4.78, 5) is 11.5. The maximum absolute atomic E-state index is 11.5. The maximum atomic E-state index is 11.5. The van der Waals surface area contributed by atoms with Gasteiger partial charge in [-0.05, 0) is 24.3 Å². The molecule has 1 saturated carbocycles. The molecule has 0 radical (unpaired) electrons. The summed E-state index contributed by atoms with van der Waals surface area (Å²) in [5, 5.41) is 31.1.